The van der Waals surface area contributed by atoms with Crippen LogP contribution in [0.3, 0.4) is 0 Å². The third kappa shape index (κ3) is 3.86. The maximum Gasteiger partial charge on any atom is 0.309 e. The molecule has 0 atom stereocenters. The molecule has 0 unspecified atom stereocenters. The molecular weight excluding hydrogens is 333 g/mol. The molecule has 1 aliphatic rings. The Morgan fingerprint density at radius 3 is 2.58 bits per heavy atom. The molecule has 2 aromatic carbocycles. The molecule has 1 N–H and O–H groups in total. The average molecular weight is 350 g/mol. The molecule has 0 spiro atoms. The van der Waals surface area contributed by atoms with Gasteiger partial charge in [-0.2, -0.15) is 0 Å². The Labute approximate surface area is 144 Å². The van der Waals surface area contributed by atoms with Crippen LogP contribution in [0.25, 0.3) is 0 Å². The summed E-state index contributed by atoms with van der Waals surface area (Å²) >= 11 is 5.97. The summed E-state index contributed by atoms with van der Waals surface area (Å²) in [6, 6.07) is 12.0. The molecule has 2 aromatic rings. The Morgan fingerprint density at radius 1 is 1.25 bits per heavy atom. The zero-order valence-electron chi connectivity index (χ0n) is 12.9. The van der Waals surface area contributed by atoms with Crippen LogP contribution in [0.2, 0.25) is 5.02 Å². The van der Waals surface area contributed by atoms with Crippen LogP contribution in [0.5, 0.6) is 5.75 Å². The molecule has 1 saturated heterocycles. The first kappa shape index (κ1) is 16.7. The molecule has 24 heavy (non-hydrogen) atoms. The molecule has 4 nitrogen and oxygen atoms in total. The van der Waals surface area contributed by atoms with Crippen molar-refractivity contribution < 1.29 is 19.0 Å². The maximum atomic E-state index is 13.7. The van der Waals surface area contributed by atoms with Gasteiger partial charge in [0.25, 0.3) is 0 Å². The summed E-state index contributed by atoms with van der Waals surface area (Å²) in [7, 11) is 0. The van der Waals surface area contributed by atoms with Gasteiger partial charge < -0.3 is 9.84 Å². The molecule has 6 heteroatoms. The minimum Gasteiger partial charge on any atom is -0.489 e. The van der Waals surface area contributed by atoms with Crippen molar-refractivity contribution in [1.82, 2.24) is 4.90 Å². The van der Waals surface area contributed by atoms with Crippen LogP contribution in [0.4, 0.5) is 4.39 Å². The van der Waals surface area contributed by atoms with Crippen molar-refractivity contribution in [1.29, 1.82) is 0 Å². The second-order valence-corrected chi connectivity index (χ2v) is 6.27. The third-order valence-electron chi connectivity index (χ3n) is 4.08. The zero-order chi connectivity index (χ0) is 17.1. The van der Waals surface area contributed by atoms with E-state index < -0.39 is 5.97 Å². The van der Waals surface area contributed by atoms with Crippen molar-refractivity contribution in [2.24, 2.45) is 5.92 Å². The Balaban J connectivity index is 1.53. The quantitative estimate of drug-likeness (QED) is 0.866. The van der Waals surface area contributed by atoms with Gasteiger partial charge in [0.15, 0.2) is 0 Å². The normalized spacial score (nSPS) is 15.1. The van der Waals surface area contributed by atoms with Crippen LogP contribution in [0.15, 0.2) is 42.5 Å². The molecule has 0 radical (unpaired) electrons. The fourth-order valence-electron chi connectivity index (χ4n) is 2.63. The molecule has 3 rings (SSSR count). The van der Waals surface area contributed by atoms with E-state index in [0.717, 1.165) is 5.56 Å². The Kier molecular flexibility index (Phi) is 5.02. The lowest BCUT2D eigenvalue weighted by Crippen LogP contribution is -2.49. The first-order valence-corrected chi connectivity index (χ1v) is 8.00. The van der Waals surface area contributed by atoms with Gasteiger partial charge in [0.1, 0.15) is 18.2 Å². The van der Waals surface area contributed by atoms with E-state index in [1.807, 2.05) is 24.3 Å². The second kappa shape index (κ2) is 7.20. The molecule has 0 aromatic heterocycles. The van der Waals surface area contributed by atoms with E-state index in [1.165, 1.54) is 6.07 Å². The van der Waals surface area contributed by atoms with E-state index in [0.29, 0.717) is 36.0 Å². The van der Waals surface area contributed by atoms with Crippen molar-refractivity contribution in [2.75, 3.05) is 13.1 Å². The number of likely N-dealkylation sites (tertiary alicyclic amines) is 1. The highest BCUT2D eigenvalue weighted by Gasteiger charge is 2.32. The van der Waals surface area contributed by atoms with Crippen molar-refractivity contribution >= 4 is 17.6 Å². The Hall–Kier alpha value is -2.11. The van der Waals surface area contributed by atoms with Gasteiger partial charge in [0, 0.05) is 25.2 Å². The lowest BCUT2D eigenvalue weighted by atomic mass is 10.00. The highest BCUT2D eigenvalue weighted by molar-refractivity contribution is 6.31. The van der Waals surface area contributed by atoms with Crippen LogP contribution in [0, 0.1) is 11.7 Å². The lowest BCUT2D eigenvalue weighted by molar-refractivity contribution is -0.147. The number of benzene rings is 2. The van der Waals surface area contributed by atoms with E-state index in [-0.39, 0.29) is 18.3 Å². The maximum absolute atomic E-state index is 13.7. The Bertz CT molecular complexity index is 709. The third-order valence-corrected chi connectivity index (χ3v) is 4.43. The predicted octanol–water partition coefficient (Wildman–Crippen LogP) is 3.57. The summed E-state index contributed by atoms with van der Waals surface area (Å²) in [6.07, 6.45) is 0. The van der Waals surface area contributed by atoms with Crippen molar-refractivity contribution in [2.45, 2.75) is 13.2 Å². The first-order chi connectivity index (χ1) is 11.5. The molecule has 0 saturated carbocycles. The summed E-state index contributed by atoms with van der Waals surface area (Å²) in [6.45, 7) is 1.94. The number of aliphatic carboxylic acids is 1. The fraction of sp³-hybridized carbons (Fsp3) is 0.278. The van der Waals surface area contributed by atoms with Crippen molar-refractivity contribution in [3.63, 3.8) is 0 Å². The molecule has 0 amide bonds. The summed E-state index contributed by atoms with van der Waals surface area (Å²) in [5.41, 5.74) is 1.42. The summed E-state index contributed by atoms with van der Waals surface area (Å²) in [4.78, 5) is 12.9. The number of carbonyl (C=O) groups is 1. The summed E-state index contributed by atoms with van der Waals surface area (Å²) < 4.78 is 19.3. The zero-order valence-corrected chi connectivity index (χ0v) is 13.7. The smallest absolute Gasteiger partial charge is 0.309 e. The minimum atomic E-state index is -0.734. The van der Waals surface area contributed by atoms with E-state index in [2.05, 4.69) is 4.90 Å². The van der Waals surface area contributed by atoms with Crippen molar-refractivity contribution in [3.05, 3.63) is 64.4 Å². The average Bonchev–Trinajstić information content (AvgIpc) is 2.51. The number of nitrogens with zero attached hydrogens (tertiary/aromatic N) is 1. The second-order valence-electron chi connectivity index (χ2n) is 5.86. The lowest BCUT2D eigenvalue weighted by Gasteiger charge is -2.36. The SMILES string of the molecule is O=C(O)C1CN(Cc2ccc(OCc3c(F)cccc3Cl)cc2)C1. The summed E-state index contributed by atoms with van der Waals surface area (Å²) in [5, 5.41) is 9.21. The summed E-state index contributed by atoms with van der Waals surface area (Å²) in [5.74, 6) is -0.741. The number of carboxylic acid groups (broad SMARTS) is 1. The van der Waals surface area contributed by atoms with Gasteiger partial charge in [-0.15, -0.1) is 0 Å². The number of rotatable bonds is 6. The van der Waals surface area contributed by atoms with Crippen LogP contribution in [-0.2, 0) is 17.9 Å². The number of halogens is 2. The minimum absolute atomic E-state index is 0.0667. The number of hydrogen-bond donors (Lipinski definition) is 1. The number of carboxylic acids is 1. The van der Waals surface area contributed by atoms with Crippen LogP contribution in [0.1, 0.15) is 11.1 Å². The van der Waals surface area contributed by atoms with Crippen LogP contribution < -0.4 is 4.74 Å². The van der Waals surface area contributed by atoms with Gasteiger partial charge in [0.2, 0.25) is 0 Å². The van der Waals surface area contributed by atoms with E-state index in [4.69, 9.17) is 21.4 Å². The van der Waals surface area contributed by atoms with E-state index >= 15 is 0 Å². The highest BCUT2D eigenvalue weighted by Crippen LogP contribution is 2.23. The highest BCUT2D eigenvalue weighted by atomic mass is 35.5. The molecule has 0 aliphatic carbocycles. The van der Waals surface area contributed by atoms with Gasteiger partial charge in [-0.1, -0.05) is 29.8 Å². The van der Waals surface area contributed by atoms with E-state index in [9.17, 15) is 9.18 Å². The van der Waals surface area contributed by atoms with Gasteiger partial charge in [-0.25, -0.2) is 4.39 Å². The number of ether oxygens (including phenoxy) is 1. The van der Waals surface area contributed by atoms with Crippen LogP contribution >= 0.6 is 11.6 Å². The largest absolute Gasteiger partial charge is 0.489 e. The standard InChI is InChI=1S/C18H17ClFNO3/c19-16-2-1-3-17(20)15(16)11-24-14-6-4-12(5-7-14)8-21-9-13(10-21)18(22)23/h1-7,13H,8-11H2,(H,22,23). The first-order valence-electron chi connectivity index (χ1n) is 7.62. The van der Waals surface area contributed by atoms with Gasteiger partial charge in [0.05, 0.1) is 10.9 Å². The molecule has 1 aliphatic heterocycles. The van der Waals surface area contributed by atoms with Gasteiger partial charge >= 0.3 is 5.97 Å². The van der Waals surface area contributed by atoms with E-state index in [1.54, 1.807) is 12.1 Å². The van der Waals surface area contributed by atoms with Gasteiger partial charge in [-0.3, -0.25) is 9.69 Å². The monoisotopic (exact) mass is 349 g/mol. The van der Waals surface area contributed by atoms with Gasteiger partial charge in [-0.05, 0) is 29.8 Å². The van der Waals surface area contributed by atoms with Crippen LogP contribution in [-0.4, -0.2) is 29.1 Å². The Morgan fingerprint density at radius 2 is 1.96 bits per heavy atom. The predicted molar refractivity (Wildman–Crippen MR) is 88.6 cm³/mol. The molecule has 0 bridgehead atoms. The fourth-order valence-corrected chi connectivity index (χ4v) is 2.85. The van der Waals surface area contributed by atoms with Crippen molar-refractivity contribution in [3.8, 4) is 5.75 Å². The molecular formula is C18H17ClFNO3. The molecule has 1 heterocycles. The molecule has 1 fully saturated rings. The topological polar surface area (TPSA) is 49.8 Å². The number of hydrogen-bond acceptors (Lipinski definition) is 3. The molecule has 126 valence electrons.